The first kappa shape index (κ1) is 60.6. The summed E-state index contributed by atoms with van der Waals surface area (Å²) in [6.45, 7) is 18.2. The number of unbranched alkanes of at least 4 members (excludes halogenated alkanes) is 15. The standard InChI is InChI=1S/C51H96O13/c1-3-5-7-9-11-12-13-15-17-19-25-52-26-27-53-28-29-54-30-31-55-32-33-56-34-35-57-36-37-58-38-39-59-40-41-60-42-43-61-44-45-62-46-47-63-48-49-64-51-23-21-50(22-24-51)20-18-16-14-10-8-6-4-2/h21-24H,3-20,25-49H2,1-2H3. The van der Waals surface area contributed by atoms with Crippen molar-refractivity contribution in [2.24, 2.45) is 0 Å². The number of hydrogen-bond donors (Lipinski definition) is 0. The van der Waals surface area contributed by atoms with Crippen molar-refractivity contribution in [1.82, 2.24) is 0 Å². The molecule has 1 rings (SSSR count). The van der Waals surface area contributed by atoms with Crippen LogP contribution in [0.4, 0.5) is 0 Å². The van der Waals surface area contributed by atoms with Gasteiger partial charge in [-0.1, -0.05) is 122 Å². The molecule has 1 aromatic carbocycles. The fourth-order valence-electron chi connectivity index (χ4n) is 6.47. The molecule has 378 valence electrons. The van der Waals surface area contributed by atoms with Crippen LogP contribution in [0, 0.1) is 0 Å². The van der Waals surface area contributed by atoms with Gasteiger partial charge < -0.3 is 61.6 Å². The van der Waals surface area contributed by atoms with Gasteiger partial charge >= 0.3 is 0 Å². The third kappa shape index (κ3) is 48.5. The van der Waals surface area contributed by atoms with Gasteiger partial charge in [0.05, 0.1) is 152 Å². The van der Waals surface area contributed by atoms with Gasteiger partial charge in [-0.2, -0.15) is 0 Å². The van der Waals surface area contributed by atoms with Crippen molar-refractivity contribution < 1.29 is 61.6 Å². The summed E-state index contributed by atoms with van der Waals surface area (Å²) >= 11 is 0. The van der Waals surface area contributed by atoms with Crippen LogP contribution in [0.25, 0.3) is 0 Å². The maximum absolute atomic E-state index is 5.80. The van der Waals surface area contributed by atoms with Gasteiger partial charge in [-0.3, -0.25) is 0 Å². The van der Waals surface area contributed by atoms with Crippen molar-refractivity contribution in [2.75, 3.05) is 165 Å². The summed E-state index contributed by atoms with van der Waals surface area (Å²) in [4.78, 5) is 0. The monoisotopic (exact) mass is 917 g/mol. The molecule has 1 aromatic rings. The molecule has 0 aliphatic rings. The normalized spacial score (nSPS) is 11.6. The Morgan fingerprint density at radius 1 is 0.234 bits per heavy atom. The predicted octanol–water partition coefficient (Wildman–Crippen LogP) is 9.48. The van der Waals surface area contributed by atoms with Crippen molar-refractivity contribution in [2.45, 2.75) is 129 Å². The van der Waals surface area contributed by atoms with E-state index in [9.17, 15) is 0 Å². The zero-order chi connectivity index (χ0) is 45.6. The number of hydrogen-bond acceptors (Lipinski definition) is 13. The number of ether oxygens (including phenoxy) is 13. The van der Waals surface area contributed by atoms with E-state index in [-0.39, 0.29) is 0 Å². The van der Waals surface area contributed by atoms with Gasteiger partial charge in [0.25, 0.3) is 0 Å². The predicted molar refractivity (Wildman–Crippen MR) is 255 cm³/mol. The Hall–Kier alpha value is -1.46. The lowest BCUT2D eigenvalue weighted by Crippen LogP contribution is -2.15. The van der Waals surface area contributed by atoms with Crippen LogP contribution in [-0.4, -0.2) is 165 Å². The molecule has 0 saturated heterocycles. The highest BCUT2D eigenvalue weighted by Crippen LogP contribution is 2.15. The zero-order valence-electron chi connectivity index (χ0n) is 41.0. The molecule has 0 aromatic heterocycles. The van der Waals surface area contributed by atoms with E-state index in [1.807, 2.05) is 0 Å². The van der Waals surface area contributed by atoms with E-state index in [1.165, 1.54) is 108 Å². The average Bonchev–Trinajstić information content (AvgIpc) is 3.31. The van der Waals surface area contributed by atoms with E-state index in [0.717, 1.165) is 25.2 Å². The first-order valence-corrected chi connectivity index (χ1v) is 25.5. The molecule has 64 heavy (non-hydrogen) atoms. The smallest absolute Gasteiger partial charge is 0.119 e. The number of benzene rings is 1. The van der Waals surface area contributed by atoms with Gasteiger partial charge in [0.15, 0.2) is 0 Å². The molecule has 0 aliphatic heterocycles. The molecule has 0 spiro atoms. The third-order valence-electron chi connectivity index (χ3n) is 10.2. The maximum atomic E-state index is 5.80. The summed E-state index contributed by atoms with van der Waals surface area (Å²) in [6.07, 6.45) is 23.9. The molecule has 13 heteroatoms. The molecule has 0 aliphatic carbocycles. The minimum Gasteiger partial charge on any atom is -0.491 e. The van der Waals surface area contributed by atoms with Crippen molar-refractivity contribution >= 4 is 0 Å². The first-order valence-electron chi connectivity index (χ1n) is 25.5. The molecular weight excluding hydrogens is 821 g/mol. The second-order valence-corrected chi connectivity index (χ2v) is 15.9. The largest absolute Gasteiger partial charge is 0.491 e. The van der Waals surface area contributed by atoms with Gasteiger partial charge in [-0.15, -0.1) is 0 Å². The fourth-order valence-corrected chi connectivity index (χ4v) is 6.47. The molecule has 0 fully saturated rings. The van der Waals surface area contributed by atoms with E-state index in [2.05, 4.69) is 38.1 Å². The molecule has 13 nitrogen and oxygen atoms in total. The first-order chi connectivity index (χ1) is 31.9. The van der Waals surface area contributed by atoms with Crippen molar-refractivity contribution in [3.63, 3.8) is 0 Å². The van der Waals surface area contributed by atoms with E-state index in [4.69, 9.17) is 61.6 Å². The molecule has 0 atom stereocenters. The van der Waals surface area contributed by atoms with E-state index < -0.39 is 0 Å². The lowest BCUT2D eigenvalue weighted by Gasteiger charge is -2.09. The Kier molecular flexibility index (Phi) is 51.2. The summed E-state index contributed by atoms with van der Waals surface area (Å²) in [6, 6.07) is 8.46. The summed E-state index contributed by atoms with van der Waals surface area (Å²) in [5.74, 6) is 0.888. The molecule has 0 unspecified atom stereocenters. The van der Waals surface area contributed by atoms with Crippen LogP contribution in [-0.2, 0) is 63.3 Å². The van der Waals surface area contributed by atoms with Crippen molar-refractivity contribution in [1.29, 1.82) is 0 Å². The van der Waals surface area contributed by atoms with Crippen molar-refractivity contribution in [3.8, 4) is 5.75 Å². The summed E-state index contributed by atoms with van der Waals surface area (Å²) in [5.41, 5.74) is 1.38. The lowest BCUT2D eigenvalue weighted by atomic mass is 10.0. The quantitative estimate of drug-likeness (QED) is 0.0578. The Morgan fingerprint density at radius 3 is 0.766 bits per heavy atom. The van der Waals surface area contributed by atoms with Gasteiger partial charge in [0.1, 0.15) is 12.4 Å². The van der Waals surface area contributed by atoms with Crippen LogP contribution in [0.2, 0.25) is 0 Å². The SMILES string of the molecule is CCCCCCCCCCCCOCCOCCOCCOCCOCCOCCOCCOCCOCCOCCOCCOCCOc1ccc(CCCCCCCCC)cc1. The second kappa shape index (κ2) is 54.1. The molecule has 0 bridgehead atoms. The van der Waals surface area contributed by atoms with Gasteiger partial charge in [0, 0.05) is 6.61 Å². The second-order valence-electron chi connectivity index (χ2n) is 15.9. The number of rotatable bonds is 56. The van der Waals surface area contributed by atoms with Gasteiger partial charge in [-0.05, 0) is 37.0 Å². The minimum atomic E-state index is 0.512. The topological polar surface area (TPSA) is 120 Å². The Bertz CT molecular complexity index is 990. The highest BCUT2D eigenvalue weighted by atomic mass is 16.6. The molecule has 0 heterocycles. The van der Waals surface area contributed by atoms with Crippen LogP contribution in [0.3, 0.4) is 0 Å². The van der Waals surface area contributed by atoms with Crippen LogP contribution in [0.15, 0.2) is 24.3 Å². The third-order valence-corrected chi connectivity index (χ3v) is 10.2. The molecule has 0 saturated carbocycles. The van der Waals surface area contributed by atoms with Crippen LogP contribution < -0.4 is 4.74 Å². The van der Waals surface area contributed by atoms with E-state index in [0.29, 0.717) is 159 Å². The fraction of sp³-hybridized carbons (Fsp3) is 0.882. The lowest BCUT2D eigenvalue weighted by molar-refractivity contribution is -0.0285. The highest BCUT2D eigenvalue weighted by molar-refractivity contribution is 5.27. The Morgan fingerprint density at radius 2 is 0.469 bits per heavy atom. The molecule has 0 radical (unpaired) electrons. The Labute approximate surface area is 390 Å². The minimum absolute atomic E-state index is 0.512. The highest BCUT2D eigenvalue weighted by Gasteiger charge is 2.00. The maximum Gasteiger partial charge on any atom is 0.119 e. The van der Waals surface area contributed by atoms with E-state index >= 15 is 0 Å². The average molecular weight is 917 g/mol. The molecule has 0 amide bonds. The van der Waals surface area contributed by atoms with Crippen LogP contribution >= 0.6 is 0 Å². The van der Waals surface area contributed by atoms with Gasteiger partial charge in [0.2, 0.25) is 0 Å². The zero-order valence-corrected chi connectivity index (χ0v) is 41.0. The van der Waals surface area contributed by atoms with Crippen molar-refractivity contribution in [3.05, 3.63) is 29.8 Å². The van der Waals surface area contributed by atoms with E-state index in [1.54, 1.807) is 0 Å². The van der Waals surface area contributed by atoms with Crippen LogP contribution in [0.1, 0.15) is 129 Å². The summed E-state index contributed by atoms with van der Waals surface area (Å²) < 4.78 is 72.5. The number of aryl methyl sites for hydroxylation is 1. The van der Waals surface area contributed by atoms with Gasteiger partial charge in [-0.25, -0.2) is 0 Å². The summed E-state index contributed by atoms with van der Waals surface area (Å²) in [5, 5.41) is 0. The molecular formula is C51H96O13. The Balaban J connectivity index is 1.64. The summed E-state index contributed by atoms with van der Waals surface area (Å²) in [7, 11) is 0. The molecule has 0 N–H and O–H groups in total. The van der Waals surface area contributed by atoms with Crippen LogP contribution in [0.5, 0.6) is 5.75 Å².